The van der Waals surface area contributed by atoms with E-state index in [0.29, 0.717) is 5.88 Å². The van der Waals surface area contributed by atoms with Gasteiger partial charge in [0, 0.05) is 12.4 Å². The van der Waals surface area contributed by atoms with Crippen LogP contribution in [0.15, 0.2) is 18.5 Å². The molecule has 0 aliphatic carbocycles. The second-order valence-electron chi connectivity index (χ2n) is 3.91. The fourth-order valence-electron chi connectivity index (χ4n) is 1.72. The molecule has 3 heteroatoms. The van der Waals surface area contributed by atoms with Gasteiger partial charge < -0.3 is 4.57 Å². The zero-order valence-corrected chi connectivity index (χ0v) is 9.88. The van der Waals surface area contributed by atoms with E-state index in [2.05, 4.69) is 35.5 Å². The predicted molar refractivity (Wildman–Crippen MR) is 64.5 cm³/mol. The molecule has 1 aromatic heterocycles. The van der Waals surface area contributed by atoms with Gasteiger partial charge in [0.15, 0.2) is 0 Å². The first-order valence-electron chi connectivity index (χ1n) is 5.20. The maximum atomic E-state index is 5.69. The van der Waals surface area contributed by atoms with E-state index in [1.54, 1.807) is 0 Å². The lowest BCUT2D eigenvalue weighted by atomic mass is 10.1. The van der Waals surface area contributed by atoms with E-state index < -0.39 is 0 Å². The van der Waals surface area contributed by atoms with Gasteiger partial charge in [0.1, 0.15) is 0 Å². The van der Waals surface area contributed by atoms with Crippen LogP contribution < -0.4 is 0 Å². The molecule has 2 aromatic rings. The normalized spacial score (nSPS) is 11.1. The van der Waals surface area contributed by atoms with E-state index in [1.807, 2.05) is 6.33 Å². The molecule has 0 spiro atoms. The molecular weight excluding hydrogens is 208 g/mol. The third-order valence-electron chi connectivity index (χ3n) is 2.77. The Balaban J connectivity index is 2.45. The molecule has 1 heterocycles. The third-order valence-corrected chi connectivity index (χ3v) is 3.04. The van der Waals surface area contributed by atoms with Gasteiger partial charge in [0.25, 0.3) is 0 Å². The number of benzene rings is 1. The largest absolute Gasteiger partial charge is 0.331 e. The van der Waals surface area contributed by atoms with Crippen molar-refractivity contribution in [1.29, 1.82) is 0 Å². The van der Waals surface area contributed by atoms with E-state index in [0.717, 1.165) is 18.5 Å². The van der Waals surface area contributed by atoms with Crippen molar-refractivity contribution in [3.63, 3.8) is 0 Å². The first-order valence-corrected chi connectivity index (χ1v) is 5.74. The number of fused-ring (bicyclic) bond motifs is 1. The topological polar surface area (TPSA) is 17.8 Å². The minimum atomic E-state index is 0.699. The van der Waals surface area contributed by atoms with Crippen LogP contribution in [-0.4, -0.2) is 15.4 Å². The number of rotatable bonds is 3. The fraction of sp³-hybridized carbons (Fsp3) is 0.417. The van der Waals surface area contributed by atoms with E-state index in [1.165, 1.54) is 16.6 Å². The van der Waals surface area contributed by atoms with Gasteiger partial charge in [-0.3, -0.25) is 0 Å². The number of halogens is 1. The SMILES string of the molecule is Cc1cc2ncn(CCCCl)c2cc1C. The van der Waals surface area contributed by atoms with Crippen molar-refractivity contribution in [2.24, 2.45) is 0 Å². The molecule has 0 bridgehead atoms. The minimum absolute atomic E-state index is 0.699. The van der Waals surface area contributed by atoms with Gasteiger partial charge in [-0.1, -0.05) is 0 Å². The molecule has 0 saturated carbocycles. The standard InChI is InChI=1S/C12H15ClN2/c1-9-6-11-12(7-10(9)2)15(8-14-11)5-3-4-13/h6-8H,3-5H2,1-2H3. The summed E-state index contributed by atoms with van der Waals surface area (Å²) < 4.78 is 2.17. The summed E-state index contributed by atoms with van der Waals surface area (Å²) in [5.41, 5.74) is 4.90. The van der Waals surface area contributed by atoms with E-state index in [9.17, 15) is 0 Å². The van der Waals surface area contributed by atoms with Gasteiger partial charge in [-0.2, -0.15) is 0 Å². The van der Waals surface area contributed by atoms with Crippen LogP contribution in [0.4, 0.5) is 0 Å². The smallest absolute Gasteiger partial charge is 0.0958 e. The number of alkyl halides is 1. The van der Waals surface area contributed by atoms with Gasteiger partial charge in [-0.15, -0.1) is 11.6 Å². The van der Waals surface area contributed by atoms with Crippen molar-refractivity contribution in [3.05, 3.63) is 29.6 Å². The molecule has 0 unspecified atom stereocenters. The summed E-state index contributed by atoms with van der Waals surface area (Å²) in [5.74, 6) is 0.699. The molecule has 2 rings (SSSR count). The predicted octanol–water partition coefficient (Wildman–Crippen LogP) is 3.28. The third kappa shape index (κ3) is 2.00. The second-order valence-corrected chi connectivity index (χ2v) is 4.28. The summed E-state index contributed by atoms with van der Waals surface area (Å²) in [4.78, 5) is 4.39. The van der Waals surface area contributed by atoms with Gasteiger partial charge in [-0.05, 0) is 43.5 Å². The van der Waals surface area contributed by atoms with Gasteiger partial charge in [0.2, 0.25) is 0 Å². The summed E-state index contributed by atoms with van der Waals surface area (Å²) in [6, 6.07) is 4.34. The van der Waals surface area contributed by atoms with Crippen LogP contribution in [0.5, 0.6) is 0 Å². The molecular formula is C12H15ClN2. The van der Waals surface area contributed by atoms with Crippen LogP contribution in [0.1, 0.15) is 17.5 Å². The lowest BCUT2D eigenvalue weighted by Gasteiger charge is -2.04. The number of aromatic nitrogens is 2. The van der Waals surface area contributed by atoms with Crippen molar-refractivity contribution in [2.45, 2.75) is 26.8 Å². The molecule has 0 amide bonds. The highest BCUT2D eigenvalue weighted by Crippen LogP contribution is 2.18. The summed E-state index contributed by atoms with van der Waals surface area (Å²) in [7, 11) is 0. The summed E-state index contributed by atoms with van der Waals surface area (Å²) in [6.45, 7) is 5.20. The first-order chi connectivity index (χ1) is 7.22. The summed E-state index contributed by atoms with van der Waals surface area (Å²) in [5, 5.41) is 0. The highest BCUT2D eigenvalue weighted by Gasteiger charge is 2.04. The molecule has 0 aliphatic heterocycles. The summed E-state index contributed by atoms with van der Waals surface area (Å²) in [6.07, 6.45) is 2.88. The zero-order valence-electron chi connectivity index (χ0n) is 9.13. The Kier molecular flexibility index (Phi) is 2.96. The minimum Gasteiger partial charge on any atom is -0.331 e. The fourth-order valence-corrected chi connectivity index (χ4v) is 1.84. The average molecular weight is 223 g/mol. The lowest BCUT2D eigenvalue weighted by Crippen LogP contribution is -1.96. The molecule has 1 aromatic carbocycles. The molecule has 15 heavy (non-hydrogen) atoms. The molecule has 0 atom stereocenters. The van der Waals surface area contributed by atoms with Crippen LogP contribution in [0.3, 0.4) is 0 Å². The molecule has 0 saturated heterocycles. The Hall–Kier alpha value is -1.02. The first kappa shape index (κ1) is 10.5. The van der Waals surface area contributed by atoms with Gasteiger partial charge in [-0.25, -0.2) is 4.98 Å². The molecule has 0 radical (unpaired) electrons. The van der Waals surface area contributed by atoms with Crippen LogP contribution in [0, 0.1) is 13.8 Å². The Morgan fingerprint density at radius 3 is 2.73 bits per heavy atom. The Morgan fingerprint density at radius 2 is 2.00 bits per heavy atom. The average Bonchev–Trinajstić information content (AvgIpc) is 2.59. The highest BCUT2D eigenvalue weighted by molar-refractivity contribution is 6.17. The van der Waals surface area contributed by atoms with Crippen molar-refractivity contribution < 1.29 is 0 Å². The van der Waals surface area contributed by atoms with Crippen molar-refractivity contribution in [2.75, 3.05) is 5.88 Å². The zero-order chi connectivity index (χ0) is 10.8. The van der Waals surface area contributed by atoms with Gasteiger partial charge in [0.05, 0.1) is 17.4 Å². The highest BCUT2D eigenvalue weighted by atomic mass is 35.5. The number of aryl methyl sites for hydroxylation is 3. The molecule has 0 aliphatic rings. The van der Waals surface area contributed by atoms with E-state index in [4.69, 9.17) is 11.6 Å². The second kappa shape index (κ2) is 4.23. The van der Waals surface area contributed by atoms with Crippen LogP contribution in [-0.2, 0) is 6.54 Å². The number of nitrogens with zero attached hydrogens (tertiary/aromatic N) is 2. The lowest BCUT2D eigenvalue weighted by molar-refractivity contribution is 0.700. The maximum absolute atomic E-state index is 5.69. The van der Waals surface area contributed by atoms with Crippen LogP contribution >= 0.6 is 11.6 Å². The quantitative estimate of drug-likeness (QED) is 0.729. The Morgan fingerprint density at radius 1 is 1.27 bits per heavy atom. The Labute approximate surface area is 94.9 Å². The molecule has 2 nitrogen and oxygen atoms in total. The monoisotopic (exact) mass is 222 g/mol. The van der Waals surface area contributed by atoms with Gasteiger partial charge >= 0.3 is 0 Å². The van der Waals surface area contributed by atoms with Crippen LogP contribution in [0.2, 0.25) is 0 Å². The van der Waals surface area contributed by atoms with Crippen molar-refractivity contribution in [3.8, 4) is 0 Å². The Bertz CT molecular complexity index is 474. The summed E-state index contributed by atoms with van der Waals surface area (Å²) >= 11 is 5.69. The van der Waals surface area contributed by atoms with Crippen LogP contribution in [0.25, 0.3) is 11.0 Å². The number of imidazole rings is 1. The molecule has 0 N–H and O–H groups in total. The van der Waals surface area contributed by atoms with E-state index >= 15 is 0 Å². The van der Waals surface area contributed by atoms with Crippen molar-refractivity contribution in [1.82, 2.24) is 9.55 Å². The number of hydrogen-bond donors (Lipinski definition) is 0. The molecule has 80 valence electrons. The maximum Gasteiger partial charge on any atom is 0.0958 e. The van der Waals surface area contributed by atoms with E-state index in [-0.39, 0.29) is 0 Å². The van der Waals surface area contributed by atoms with Crippen molar-refractivity contribution >= 4 is 22.6 Å². The molecule has 0 fully saturated rings. The number of hydrogen-bond acceptors (Lipinski definition) is 1.